The van der Waals surface area contributed by atoms with Gasteiger partial charge in [-0.25, -0.2) is 9.48 Å². The summed E-state index contributed by atoms with van der Waals surface area (Å²) in [6.45, 7) is 8.13. The van der Waals surface area contributed by atoms with E-state index in [9.17, 15) is 9.59 Å². The molecule has 1 saturated heterocycles. The van der Waals surface area contributed by atoms with Crippen molar-refractivity contribution in [3.63, 3.8) is 0 Å². The number of nitrogens with zero attached hydrogens (tertiary/aromatic N) is 4. The van der Waals surface area contributed by atoms with Gasteiger partial charge in [0, 0.05) is 19.1 Å². The van der Waals surface area contributed by atoms with E-state index in [2.05, 4.69) is 36.4 Å². The highest BCUT2D eigenvalue weighted by molar-refractivity contribution is 5.90. The third-order valence-corrected chi connectivity index (χ3v) is 5.58. The first-order valence-electron chi connectivity index (χ1n) is 9.01. The van der Waals surface area contributed by atoms with Crippen molar-refractivity contribution in [2.45, 2.75) is 58.5 Å². The van der Waals surface area contributed by atoms with Crippen molar-refractivity contribution < 1.29 is 9.59 Å². The van der Waals surface area contributed by atoms with E-state index in [-0.39, 0.29) is 17.8 Å². The van der Waals surface area contributed by atoms with Gasteiger partial charge in [0.2, 0.25) is 0 Å². The number of carbonyl (C=O) groups excluding carboxylic acids is 2. The van der Waals surface area contributed by atoms with Crippen LogP contribution in [-0.4, -0.2) is 51.0 Å². The Balaban J connectivity index is 1.44. The second-order valence-corrected chi connectivity index (χ2v) is 8.35. The third kappa shape index (κ3) is 3.93. The van der Waals surface area contributed by atoms with Gasteiger partial charge in [-0.1, -0.05) is 26.0 Å². The van der Waals surface area contributed by atoms with Crippen molar-refractivity contribution in [2.24, 2.45) is 17.1 Å². The van der Waals surface area contributed by atoms with Crippen LogP contribution in [-0.2, 0) is 0 Å². The third-order valence-electron chi connectivity index (χ3n) is 5.58. The lowest BCUT2D eigenvalue weighted by Gasteiger charge is -2.44. The number of nitrogens with two attached hydrogens (primary N) is 1. The summed E-state index contributed by atoms with van der Waals surface area (Å²) in [4.78, 5) is 25.4. The van der Waals surface area contributed by atoms with Gasteiger partial charge in [-0.15, -0.1) is 5.10 Å². The summed E-state index contributed by atoms with van der Waals surface area (Å²) in [5.41, 5.74) is 5.70. The first kappa shape index (κ1) is 17.7. The number of rotatable bonds is 3. The summed E-state index contributed by atoms with van der Waals surface area (Å²) in [6.07, 6.45) is 5.32. The van der Waals surface area contributed by atoms with Crippen LogP contribution in [0.4, 0.5) is 4.79 Å². The number of hydrogen-bond acceptors (Lipinski definition) is 4. The van der Waals surface area contributed by atoms with Crippen LogP contribution in [0.1, 0.15) is 63.0 Å². The Morgan fingerprint density at radius 3 is 2.40 bits per heavy atom. The number of hydrogen-bond donors (Lipinski definition) is 2. The molecular formula is C17H28N6O2. The molecule has 138 valence electrons. The zero-order chi connectivity index (χ0) is 18.2. The Bertz CT molecular complexity index is 636. The fourth-order valence-electron chi connectivity index (χ4n) is 3.61. The molecule has 3 N–H and O–H groups in total. The first-order valence-corrected chi connectivity index (χ1v) is 9.01. The Morgan fingerprint density at radius 2 is 1.88 bits per heavy atom. The van der Waals surface area contributed by atoms with Gasteiger partial charge in [0.15, 0.2) is 5.69 Å². The van der Waals surface area contributed by atoms with Crippen LogP contribution in [0.2, 0.25) is 0 Å². The average Bonchev–Trinajstić information content (AvgIpc) is 2.99. The van der Waals surface area contributed by atoms with Gasteiger partial charge in [0.05, 0.1) is 12.2 Å². The van der Waals surface area contributed by atoms with Gasteiger partial charge in [0.1, 0.15) is 0 Å². The second-order valence-electron chi connectivity index (χ2n) is 8.35. The molecular weight excluding hydrogens is 320 g/mol. The highest BCUT2D eigenvalue weighted by Gasteiger charge is 2.38. The van der Waals surface area contributed by atoms with Gasteiger partial charge < -0.3 is 16.0 Å². The molecule has 2 aliphatic rings. The maximum absolute atomic E-state index is 12.4. The molecule has 8 nitrogen and oxygen atoms in total. The number of likely N-dealkylation sites (tertiary alicyclic amines) is 1. The van der Waals surface area contributed by atoms with E-state index in [0.29, 0.717) is 30.5 Å². The number of amides is 3. The lowest BCUT2D eigenvalue weighted by molar-refractivity contribution is 0.0940. The molecule has 0 aromatic carbocycles. The van der Waals surface area contributed by atoms with Gasteiger partial charge in [-0.2, -0.15) is 0 Å². The minimum atomic E-state index is -0.572. The van der Waals surface area contributed by atoms with Crippen LogP contribution < -0.4 is 11.1 Å². The second kappa shape index (κ2) is 6.65. The van der Waals surface area contributed by atoms with Gasteiger partial charge in [0.25, 0.3) is 5.91 Å². The van der Waals surface area contributed by atoms with Crippen molar-refractivity contribution in [3.05, 3.63) is 11.9 Å². The number of aromatic nitrogens is 3. The van der Waals surface area contributed by atoms with Crippen LogP contribution in [0.15, 0.2) is 6.20 Å². The largest absolute Gasteiger partial charge is 0.364 e. The lowest BCUT2D eigenvalue weighted by atomic mass is 9.66. The summed E-state index contributed by atoms with van der Waals surface area (Å²) in [7, 11) is 0. The SMILES string of the molecule is CC(C)(C)C1CC(NC(=O)N2CCC(n3cc(C(N)=O)nn3)CC2)C1. The van der Waals surface area contributed by atoms with E-state index in [1.807, 2.05) is 4.90 Å². The van der Waals surface area contributed by atoms with E-state index in [0.717, 1.165) is 25.7 Å². The molecule has 1 aliphatic heterocycles. The molecule has 1 saturated carbocycles. The number of urea groups is 1. The number of nitrogens with one attached hydrogen (secondary N) is 1. The monoisotopic (exact) mass is 348 g/mol. The Hall–Kier alpha value is -2.12. The molecule has 0 bridgehead atoms. The minimum Gasteiger partial charge on any atom is -0.364 e. The number of primary amides is 1. The molecule has 3 amide bonds. The van der Waals surface area contributed by atoms with E-state index < -0.39 is 5.91 Å². The smallest absolute Gasteiger partial charge is 0.317 e. The van der Waals surface area contributed by atoms with Crippen LogP contribution in [0.25, 0.3) is 0 Å². The van der Waals surface area contributed by atoms with Crippen LogP contribution in [0, 0.1) is 11.3 Å². The Labute approximate surface area is 148 Å². The Kier molecular flexibility index (Phi) is 4.71. The van der Waals surface area contributed by atoms with Gasteiger partial charge in [-0.05, 0) is 37.0 Å². The molecule has 0 radical (unpaired) electrons. The van der Waals surface area contributed by atoms with Crippen molar-refractivity contribution in [1.82, 2.24) is 25.2 Å². The topological polar surface area (TPSA) is 106 Å². The van der Waals surface area contributed by atoms with Crippen molar-refractivity contribution in [1.29, 1.82) is 0 Å². The van der Waals surface area contributed by atoms with Crippen LogP contribution >= 0.6 is 0 Å². The number of carbonyl (C=O) groups is 2. The summed E-state index contributed by atoms with van der Waals surface area (Å²) >= 11 is 0. The summed E-state index contributed by atoms with van der Waals surface area (Å²) in [5.74, 6) is 0.118. The number of piperidine rings is 1. The summed E-state index contributed by atoms with van der Waals surface area (Å²) in [6, 6.07) is 0.494. The zero-order valence-electron chi connectivity index (χ0n) is 15.2. The fourth-order valence-corrected chi connectivity index (χ4v) is 3.61. The normalized spacial score (nSPS) is 24.7. The van der Waals surface area contributed by atoms with Crippen molar-refractivity contribution in [3.8, 4) is 0 Å². The highest BCUT2D eigenvalue weighted by Crippen LogP contribution is 2.41. The standard InChI is InChI=1S/C17H28N6O2/c1-17(2,3)11-8-12(9-11)19-16(25)22-6-4-13(5-7-22)23-10-14(15(18)24)20-21-23/h10-13H,4-9H2,1-3H3,(H2,18,24)(H,19,25). The summed E-state index contributed by atoms with van der Waals surface area (Å²) < 4.78 is 1.69. The molecule has 25 heavy (non-hydrogen) atoms. The summed E-state index contributed by atoms with van der Waals surface area (Å²) in [5, 5.41) is 10.9. The lowest BCUT2D eigenvalue weighted by Crippen LogP contribution is -2.53. The average molecular weight is 348 g/mol. The predicted molar refractivity (Wildman–Crippen MR) is 92.9 cm³/mol. The predicted octanol–water partition coefficient (Wildman–Crippen LogP) is 1.55. The quantitative estimate of drug-likeness (QED) is 0.864. The van der Waals surface area contributed by atoms with E-state index >= 15 is 0 Å². The van der Waals surface area contributed by atoms with E-state index in [4.69, 9.17) is 5.73 Å². The molecule has 1 aromatic heterocycles. The van der Waals surface area contributed by atoms with Crippen LogP contribution in [0.3, 0.4) is 0 Å². The van der Waals surface area contributed by atoms with E-state index in [1.165, 1.54) is 0 Å². The molecule has 2 heterocycles. The molecule has 1 aliphatic carbocycles. The maximum Gasteiger partial charge on any atom is 0.317 e. The highest BCUT2D eigenvalue weighted by atomic mass is 16.2. The van der Waals surface area contributed by atoms with Gasteiger partial charge >= 0.3 is 6.03 Å². The molecule has 0 atom stereocenters. The maximum atomic E-state index is 12.4. The molecule has 1 aromatic rings. The van der Waals surface area contributed by atoms with Gasteiger partial charge in [-0.3, -0.25) is 4.79 Å². The Morgan fingerprint density at radius 1 is 1.24 bits per heavy atom. The molecule has 2 fully saturated rings. The molecule has 0 spiro atoms. The fraction of sp³-hybridized carbons (Fsp3) is 0.765. The minimum absolute atomic E-state index is 0.0345. The van der Waals surface area contributed by atoms with Crippen molar-refractivity contribution >= 4 is 11.9 Å². The molecule has 3 rings (SSSR count). The van der Waals surface area contributed by atoms with Crippen LogP contribution in [0.5, 0.6) is 0 Å². The zero-order valence-corrected chi connectivity index (χ0v) is 15.2. The molecule has 0 unspecified atom stereocenters. The van der Waals surface area contributed by atoms with Crippen molar-refractivity contribution in [2.75, 3.05) is 13.1 Å². The molecule has 8 heteroatoms. The van der Waals surface area contributed by atoms with E-state index in [1.54, 1.807) is 10.9 Å². The first-order chi connectivity index (χ1) is 11.7.